The molecule has 0 fully saturated rings. The minimum absolute atomic E-state index is 0.564. The van der Waals surface area contributed by atoms with Crippen molar-refractivity contribution >= 4 is 16.7 Å². The number of aromatic amines is 1. The Hall–Kier alpha value is -2.56. The normalized spacial score (nSPS) is 10.7. The second-order valence-electron chi connectivity index (χ2n) is 4.48. The van der Waals surface area contributed by atoms with Gasteiger partial charge >= 0.3 is 0 Å². The van der Waals surface area contributed by atoms with Crippen LogP contribution in [0.2, 0.25) is 0 Å². The number of nitrogens with zero attached hydrogens (tertiary/aromatic N) is 2. The third-order valence-electron chi connectivity index (χ3n) is 3.23. The first-order chi connectivity index (χ1) is 9.86. The number of methoxy groups -OCH3 is 1. The lowest BCUT2D eigenvalue weighted by molar-refractivity contribution is 0.397. The fourth-order valence-electron chi connectivity index (χ4n) is 2.21. The maximum absolute atomic E-state index is 5.07. The van der Waals surface area contributed by atoms with Crippen molar-refractivity contribution in [3.8, 4) is 5.88 Å². The summed E-state index contributed by atoms with van der Waals surface area (Å²) in [5, 5.41) is 4.55. The van der Waals surface area contributed by atoms with E-state index in [1.807, 2.05) is 6.07 Å². The molecule has 2 heterocycles. The Morgan fingerprint density at radius 1 is 1.25 bits per heavy atom. The van der Waals surface area contributed by atoms with Crippen LogP contribution in [0.4, 0.5) is 5.82 Å². The molecule has 5 nitrogen and oxygen atoms in total. The van der Waals surface area contributed by atoms with E-state index in [-0.39, 0.29) is 0 Å². The van der Waals surface area contributed by atoms with Gasteiger partial charge in [-0.05, 0) is 18.1 Å². The molecular formula is C15H16N4O. The summed E-state index contributed by atoms with van der Waals surface area (Å²) >= 11 is 0. The van der Waals surface area contributed by atoms with Gasteiger partial charge in [-0.25, -0.2) is 9.97 Å². The van der Waals surface area contributed by atoms with Gasteiger partial charge in [0.2, 0.25) is 5.88 Å². The molecule has 5 heteroatoms. The summed E-state index contributed by atoms with van der Waals surface area (Å²) in [6, 6.07) is 10.1. The summed E-state index contributed by atoms with van der Waals surface area (Å²) in [4.78, 5) is 11.4. The van der Waals surface area contributed by atoms with Gasteiger partial charge in [-0.3, -0.25) is 0 Å². The average Bonchev–Trinajstić information content (AvgIpc) is 2.91. The van der Waals surface area contributed by atoms with Crippen LogP contribution in [0.1, 0.15) is 5.56 Å². The minimum Gasteiger partial charge on any atom is -0.481 e. The van der Waals surface area contributed by atoms with E-state index < -0.39 is 0 Å². The Bertz CT molecular complexity index is 708. The molecule has 0 spiro atoms. The van der Waals surface area contributed by atoms with Gasteiger partial charge in [0.1, 0.15) is 12.1 Å². The fourth-order valence-corrected chi connectivity index (χ4v) is 2.21. The molecular weight excluding hydrogens is 252 g/mol. The number of hydrogen-bond acceptors (Lipinski definition) is 4. The van der Waals surface area contributed by atoms with Crippen LogP contribution in [-0.4, -0.2) is 28.6 Å². The lowest BCUT2D eigenvalue weighted by Crippen LogP contribution is -2.06. The number of aromatic nitrogens is 3. The number of nitrogens with one attached hydrogen (secondary N) is 2. The van der Waals surface area contributed by atoms with E-state index in [0.717, 1.165) is 18.8 Å². The average molecular weight is 268 g/mol. The number of hydrogen-bond donors (Lipinski definition) is 2. The predicted octanol–water partition coefficient (Wildman–Crippen LogP) is 2.62. The second-order valence-corrected chi connectivity index (χ2v) is 4.48. The van der Waals surface area contributed by atoms with Gasteiger partial charge in [-0.2, -0.15) is 0 Å². The molecule has 0 atom stereocenters. The predicted molar refractivity (Wildman–Crippen MR) is 79.1 cm³/mol. The van der Waals surface area contributed by atoms with Gasteiger partial charge in [-0.15, -0.1) is 0 Å². The Morgan fingerprint density at radius 2 is 2.15 bits per heavy atom. The SMILES string of the molecule is COc1cc(NCCc2c[nH]c3ccccc23)ncn1. The van der Waals surface area contributed by atoms with Gasteiger partial charge < -0.3 is 15.0 Å². The van der Waals surface area contributed by atoms with Crippen LogP contribution < -0.4 is 10.1 Å². The van der Waals surface area contributed by atoms with Crippen molar-refractivity contribution in [2.24, 2.45) is 0 Å². The van der Waals surface area contributed by atoms with Crippen LogP contribution in [0.25, 0.3) is 10.9 Å². The molecule has 0 aliphatic heterocycles. The van der Waals surface area contributed by atoms with Gasteiger partial charge in [0.25, 0.3) is 0 Å². The first-order valence-corrected chi connectivity index (χ1v) is 6.52. The van der Waals surface area contributed by atoms with E-state index in [0.29, 0.717) is 5.88 Å². The Balaban J connectivity index is 1.65. The zero-order chi connectivity index (χ0) is 13.8. The van der Waals surface area contributed by atoms with Crippen molar-refractivity contribution in [1.29, 1.82) is 0 Å². The molecule has 0 saturated carbocycles. The number of H-pyrrole nitrogens is 1. The molecule has 0 unspecified atom stereocenters. The maximum Gasteiger partial charge on any atom is 0.218 e. The van der Waals surface area contributed by atoms with E-state index in [2.05, 4.69) is 44.7 Å². The highest BCUT2D eigenvalue weighted by atomic mass is 16.5. The topological polar surface area (TPSA) is 62.8 Å². The molecule has 20 heavy (non-hydrogen) atoms. The lowest BCUT2D eigenvalue weighted by Gasteiger charge is -2.06. The number of fused-ring (bicyclic) bond motifs is 1. The molecule has 1 aromatic carbocycles. The van der Waals surface area contributed by atoms with Crippen molar-refractivity contribution in [1.82, 2.24) is 15.0 Å². The highest BCUT2D eigenvalue weighted by Crippen LogP contribution is 2.18. The van der Waals surface area contributed by atoms with E-state index in [4.69, 9.17) is 4.74 Å². The summed E-state index contributed by atoms with van der Waals surface area (Å²) in [5.74, 6) is 1.34. The zero-order valence-corrected chi connectivity index (χ0v) is 11.3. The molecule has 2 N–H and O–H groups in total. The molecule has 0 amide bonds. The van der Waals surface area contributed by atoms with Gasteiger partial charge in [0.05, 0.1) is 7.11 Å². The molecule has 3 rings (SSSR count). The van der Waals surface area contributed by atoms with E-state index in [9.17, 15) is 0 Å². The van der Waals surface area contributed by atoms with Crippen LogP contribution in [0.5, 0.6) is 5.88 Å². The first kappa shape index (κ1) is 12.5. The number of rotatable bonds is 5. The smallest absolute Gasteiger partial charge is 0.218 e. The molecule has 0 aliphatic rings. The van der Waals surface area contributed by atoms with Crippen molar-refractivity contribution < 1.29 is 4.74 Å². The monoisotopic (exact) mass is 268 g/mol. The molecule has 0 radical (unpaired) electrons. The third kappa shape index (κ3) is 2.56. The number of benzene rings is 1. The fraction of sp³-hybridized carbons (Fsp3) is 0.200. The lowest BCUT2D eigenvalue weighted by atomic mass is 10.1. The standard InChI is InChI=1S/C15H16N4O/c1-20-15-8-14(18-10-19-15)16-7-6-11-9-17-13-5-3-2-4-12(11)13/h2-5,8-10,17H,6-7H2,1H3,(H,16,18,19). The van der Waals surface area contributed by atoms with E-state index >= 15 is 0 Å². The molecule has 0 aliphatic carbocycles. The summed E-state index contributed by atoms with van der Waals surface area (Å²) < 4.78 is 5.07. The highest BCUT2D eigenvalue weighted by molar-refractivity contribution is 5.83. The summed E-state index contributed by atoms with van der Waals surface area (Å²) in [6.45, 7) is 0.808. The minimum atomic E-state index is 0.564. The molecule has 3 aromatic rings. The van der Waals surface area contributed by atoms with E-state index in [1.54, 1.807) is 13.2 Å². The number of ether oxygens (including phenoxy) is 1. The van der Waals surface area contributed by atoms with Crippen molar-refractivity contribution in [2.75, 3.05) is 19.0 Å². The summed E-state index contributed by atoms with van der Waals surface area (Å²) in [7, 11) is 1.60. The Labute approximate surface area is 117 Å². The van der Waals surface area contributed by atoms with Crippen molar-refractivity contribution in [3.63, 3.8) is 0 Å². The van der Waals surface area contributed by atoms with Crippen LogP contribution in [0, 0.1) is 0 Å². The van der Waals surface area contributed by atoms with Crippen molar-refractivity contribution in [3.05, 3.63) is 48.4 Å². The highest BCUT2D eigenvalue weighted by Gasteiger charge is 2.03. The molecule has 0 bridgehead atoms. The van der Waals surface area contributed by atoms with E-state index in [1.165, 1.54) is 22.8 Å². The zero-order valence-electron chi connectivity index (χ0n) is 11.3. The first-order valence-electron chi connectivity index (χ1n) is 6.52. The summed E-state index contributed by atoms with van der Waals surface area (Å²) in [5.41, 5.74) is 2.47. The largest absolute Gasteiger partial charge is 0.481 e. The van der Waals surface area contributed by atoms with Crippen molar-refractivity contribution in [2.45, 2.75) is 6.42 Å². The molecule has 102 valence electrons. The Morgan fingerprint density at radius 3 is 3.05 bits per heavy atom. The molecule has 2 aromatic heterocycles. The van der Waals surface area contributed by atoms with Crippen LogP contribution in [0.3, 0.4) is 0 Å². The summed E-state index contributed by atoms with van der Waals surface area (Å²) in [6.07, 6.45) is 4.48. The second kappa shape index (κ2) is 5.61. The number of anilines is 1. The quantitative estimate of drug-likeness (QED) is 0.746. The number of para-hydroxylation sites is 1. The van der Waals surface area contributed by atoms with Crippen LogP contribution >= 0.6 is 0 Å². The van der Waals surface area contributed by atoms with Gasteiger partial charge in [0.15, 0.2) is 0 Å². The van der Waals surface area contributed by atoms with Gasteiger partial charge in [0, 0.05) is 29.7 Å². The Kier molecular flexibility index (Phi) is 3.50. The third-order valence-corrected chi connectivity index (χ3v) is 3.23. The molecule has 0 saturated heterocycles. The van der Waals surface area contributed by atoms with Gasteiger partial charge in [-0.1, -0.05) is 18.2 Å². The van der Waals surface area contributed by atoms with Crippen LogP contribution in [0.15, 0.2) is 42.9 Å². The maximum atomic E-state index is 5.07. The van der Waals surface area contributed by atoms with Crippen LogP contribution in [-0.2, 0) is 6.42 Å².